The van der Waals surface area contributed by atoms with Crippen LogP contribution in [0.15, 0.2) is 45.4 Å². The van der Waals surface area contributed by atoms with E-state index in [-0.39, 0.29) is 23.6 Å². The zero-order valence-electron chi connectivity index (χ0n) is 14.1. The molecular formula is C18H18N2O4S. The quantitative estimate of drug-likeness (QED) is 0.712. The largest absolute Gasteiger partial charge is 0.464 e. The van der Waals surface area contributed by atoms with Crippen molar-refractivity contribution in [2.45, 2.75) is 26.8 Å². The molecule has 0 saturated carbocycles. The molecular weight excluding hydrogens is 340 g/mol. The van der Waals surface area contributed by atoms with E-state index in [0.717, 1.165) is 11.3 Å². The van der Waals surface area contributed by atoms with Crippen LogP contribution in [0.4, 0.5) is 5.00 Å². The minimum atomic E-state index is -0.349. The van der Waals surface area contributed by atoms with Gasteiger partial charge in [0.2, 0.25) is 0 Å². The summed E-state index contributed by atoms with van der Waals surface area (Å²) in [5.41, 5.74) is 0.792. The second-order valence-corrected chi connectivity index (χ2v) is 6.75. The molecule has 1 unspecified atom stereocenters. The van der Waals surface area contributed by atoms with Crippen molar-refractivity contribution in [1.29, 1.82) is 0 Å². The van der Waals surface area contributed by atoms with Crippen molar-refractivity contribution in [3.63, 3.8) is 0 Å². The summed E-state index contributed by atoms with van der Waals surface area (Å²) in [5, 5.41) is 6.23. The van der Waals surface area contributed by atoms with Gasteiger partial charge in [-0.25, -0.2) is 0 Å². The minimum absolute atomic E-state index is 0.206. The maximum atomic E-state index is 12.5. The first-order valence-corrected chi connectivity index (χ1v) is 8.58. The number of nitrogens with one attached hydrogen (secondary N) is 2. The molecule has 1 atom stereocenters. The molecule has 3 aromatic heterocycles. The summed E-state index contributed by atoms with van der Waals surface area (Å²) >= 11 is 1.22. The zero-order chi connectivity index (χ0) is 18.0. The van der Waals surface area contributed by atoms with Crippen LogP contribution in [-0.4, -0.2) is 11.8 Å². The van der Waals surface area contributed by atoms with Gasteiger partial charge >= 0.3 is 0 Å². The predicted molar refractivity (Wildman–Crippen MR) is 95.0 cm³/mol. The number of carbonyl (C=O) groups is 2. The van der Waals surface area contributed by atoms with Gasteiger partial charge in [-0.3, -0.25) is 9.59 Å². The van der Waals surface area contributed by atoms with Crippen LogP contribution >= 0.6 is 11.3 Å². The molecule has 3 aromatic rings. The first-order chi connectivity index (χ1) is 11.9. The highest BCUT2D eigenvalue weighted by molar-refractivity contribution is 7.18. The second-order valence-electron chi connectivity index (χ2n) is 5.70. The molecule has 3 rings (SSSR count). The first-order valence-electron chi connectivity index (χ1n) is 7.76. The Kier molecular flexibility index (Phi) is 4.76. The van der Waals surface area contributed by atoms with E-state index in [9.17, 15) is 9.59 Å². The molecule has 0 fully saturated rings. The van der Waals surface area contributed by atoms with Crippen LogP contribution in [0.3, 0.4) is 0 Å². The number of hydrogen-bond acceptors (Lipinski definition) is 5. The van der Waals surface area contributed by atoms with Gasteiger partial charge in [-0.2, -0.15) is 0 Å². The van der Waals surface area contributed by atoms with Crippen LogP contribution in [0.25, 0.3) is 0 Å². The summed E-state index contributed by atoms with van der Waals surface area (Å²) in [6.45, 7) is 5.55. The van der Waals surface area contributed by atoms with Gasteiger partial charge < -0.3 is 19.5 Å². The van der Waals surface area contributed by atoms with Gasteiger partial charge in [0.15, 0.2) is 5.76 Å². The highest BCUT2D eigenvalue weighted by Gasteiger charge is 2.19. The fourth-order valence-electron chi connectivity index (χ4n) is 2.37. The molecule has 25 heavy (non-hydrogen) atoms. The Hall–Kier alpha value is -2.80. The smallest absolute Gasteiger partial charge is 0.291 e. The SMILES string of the molecule is Cc1ccc(C(C)NC(=O)c2sc(NC(=O)c3ccco3)cc2C)o1. The lowest BCUT2D eigenvalue weighted by Crippen LogP contribution is -2.26. The first kappa shape index (κ1) is 17.0. The van der Waals surface area contributed by atoms with Crippen LogP contribution in [0.5, 0.6) is 0 Å². The van der Waals surface area contributed by atoms with E-state index in [1.807, 2.05) is 32.9 Å². The van der Waals surface area contributed by atoms with Crippen LogP contribution in [0, 0.1) is 13.8 Å². The monoisotopic (exact) mass is 358 g/mol. The maximum Gasteiger partial charge on any atom is 0.291 e. The lowest BCUT2D eigenvalue weighted by Gasteiger charge is -2.11. The van der Waals surface area contributed by atoms with E-state index in [1.165, 1.54) is 17.6 Å². The summed E-state index contributed by atoms with van der Waals surface area (Å²) in [7, 11) is 0. The van der Waals surface area contributed by atoms with Crippen LogP contribution in [-0.2, 0) is 0 Å². The van der Waals surface area contributed by atoms with Crippen molar-refractivity contribution in [1.82, 2.24) is 5.32 Å². The Labute approximate surface area is 148 Å². The Morgan fingerprint density at radius 1 is 1.16 bits per heavy atom. The van der Waals surface area contributed by atoms with Gasteiger partial charge in [-0.1, -0.05) is 0 Å². The third-order valence-corrected chi connectivity index (χ3v) is 4.79. The van der Waals surface area contributed by atoms with Gasteiger partial charge in [0.25, 0.3) is 11.8 Å². The Balaban J connectivity index is 1.69. The number of anilines is 1. The number of amides is 2. The number of rotatable bonds is 5. The molecule has 0 radical (unpaired) electrons. The molecule has 7 heteroatoms. The lowest BCUT2D eigenvalue weighted by molar-refractivity contribution is 0.0937. The molecule has 2 N–H and O–H groups in total. The molecule has 0 bridgehead atoms. The maximum absolute atomic E-state index is 12.5. The number of furan rings is 2. The third kappa shape index (κ3) is 3.83. The van der Waals surface area contributed by atoms with Gasteiger partial charge in [0, 0.05) is 0 Å². The van der Waals surface area contributed by atoms with Crippen molar-refractivity contribution in [2.24, 2.45) is 0 Å². The summed E-state index contributed by atoms with van der Waals surface area (Å²) in [6, 6.07) is 8.45. The third-order valence-electron chi connectivity index (χ3n) is 3.64. The normalized spacial score (nSPS) is 12.0. The highest BCUT2D eigenvalue weighted by Crippen LogP contribution is 2.28. The lowest BCUT2D eigenvalue weighted by atomic mass is 10.2. The van der Waals surface area contributed by atoms with Crippen molar-refractivity contribution < 1.29 is 18.4 Å². The van der Waals surface area contributed by atoms with Crippen molar-refractivity contribution in [2.75, 3.05) is 5.32 Å². The van der Waals surface area contributed by atoms with E-state index in [1.54, 1.807) is 18.2 Å². The number of aryl methyl sites for hydroxylation is 2. The van der Waals surface area contributed by atoms with Crippen LogP contribution in [0.2, 0.25) is 0 Å². The van der Waals surface area contributed by atoms with Crippen molar-refractivity contribution in [3.05, 3.63) is 64.3 Å². The molecule has 0 aliphatic heterocycles. The van der Waals surface area contributed by atoms with Gasteiger partial charge in [0.05, 0.1) is 22.2 Å². The molecule has 2 amide bonds. The fourth-order valence-corrected chi connectivity index (χ4v) is 3.34. The fraction of sp³-hybridized carbons (Fsp3) is 0.222. The average molecular weight is 358 g/mol. The van der Waals surface area contributed by atoms with E-state index < -0.39 is 0 Å². The van der Waals surface area contributed by atoms with Crippen LogP contribution < -0.4 is 10.6 Å². The summed E-state index contributed by atoms with van der Waals surface area (Å²) in [4.78, 5) is 25.1. The molecule has 0 aromatic carbocycles. The Morgan fingerprint density at radius 3 is 2.60 bits per heavy atom. The number of hydrogen-bond donors (Lipinski definition) is 2. The van der Waals surface area contributed by atoms with E-state index in [0.29, 0.717) is 15.6 Å². The topological polar surface area (TPSA) is 84.5 Å². The zero-order valence-corrected chi connectivity index (χ0v) is 14.9. The molecule has 3 heterocycles. The molecule has 0 aliphatic rings. The van der Waals surface area contributed by atoms with Gasteiger partial charge in [-0.15, -0.1) is 11.3 Å². The number of carbonyl (C=O) groups excluding carboxylic acids is 2. The van der Waals surface area contributed by atoms with Crippen LogP contribution in [0.1, 0.15) is 50.3 Å². The summed E-state index contributed by atoms with van der Waals surface area (Å²) in [6.07, 6.45) is 1.44. The van der Waals surface area contributed by atoms with Gasteiger partial charge in [-0.05, 0) is 56.7 Å². The van der Waals surface area contributed by atoms with Gasteiger partial charge in [0.1, 0.15) is 11.5 Å². The highest BCUT2D eigenvalue weighted by atomic mass is 32.1. The molecule has 6 nitrogen and oxygen atoms in total. The summed E-state index contributed by atoms with van der Waals surface area (Å²) in [5.74, 6) is 1.16. The van der Waals surface area contributed by atoms with Crippen molar-refractivity contribution >= 4 is 28.2 Å². The van der Waals surface area contributed by atoms with E-state index in [4.69, 9.17) is 8.83 Å². The number of thiophene rings is 1. The minimum Gasteiger partial charge on any atom is -0.464 e. The molecule has 0 aliphatic carbocycles. The Morgan fingerprint density at radius 2 is 1.96 bits per heavy atom. The second kappa shape index (κ2) is 6.98. The summed E-state index contributed by atoms with van der Waals surface area (Å²) < 4.78 is 10.6. The average Bonchev–Trinajstić information content (AvgIpc) is 3.28. The van der Waals surface area contributed by atoms with E-state index >= 15 is 0 Å². The van der Waals surface area contributed by atoms with Crippen molar-refractivity contribution in [3.8, 4) is 0 Å². The molecule has 0 saturated heterocycles. The molecule has 0 spiro atoms. The predicted octanol–water partition coefficient (Wildman–Crippen LogP) is 4.29. The van der Waals surface area contributed by atoms with E-state index in [2.05, 4.69) is 10.6 Å². The molecule has 130 valence electrons. The Bertz CT molecular complexity index is 892. The standard InChI is InChI=1S/C18H18N2O4S/c1-10-9-15(20-17(21)14-5-4-8-23-14)25-16(10)18(22)19-12(3)13-7-6-11(2)24-13/h4-9,12H,1-3H3,(H,19,22)(H,20,21).